The first-order chi connectivity index (χ1) is 14.8. The molecule has 0 atom stereocenters. The van der Waals surface area contributed by atoms with E-state index in [1.54, 1.807) is 35.6 Å². The summed E-state index contributed by atoms with van der Waals surface area (Å²) >= 11 is 1.55. The molecule has 0 saturated heterocycles. The lowest BCUT2D eigenvalue weighted by Crippen LogP contribution is -2.16. The summed E-state index contributed by atoms with van der Waals surface area (Å²) in [5.74, 6) is -3.60. The number of hydrogen-bond acceptors (Lipinski definition) is 6. The molecule has 0 bridgehead atoms. The van der Waals surface area contributed by atoms with Gasteiger partial charge in [0.2, 0.25) is 15.7 Å². The van der Waals surface area contributed by atoms with Gasteiger partial charge in [0.25, 0.3) is 0 Å². The monoisotopic (exact) mass is 464 g/mol. The van der Waals surface area contributed by atoms with Crippen molar-refractivity contribution in [3.8, 4) is 5.75 Å². The van der Waals surface area contributed by atoms with Gasteiger partial charge in [-0.1, -0.05) is 24.3 Å². The van der Waals surface area contributed by atoms with Crippen LogP contribution in [0.1, 0.15) is 16.3 Å². The predicted octanol–water partition coefficient (Wildman–Crippen LogP) is 4.68. The number of anilines is 1. The number of rotatable bonds is 8. The van der Waals surface area contributed by atoms with Crippen LogP contribution in [0.3, 0.4) is 0 Å². The second-order valence-electron chi connectivity index (χ2n) is 6.34. The van der Waals surface area contributed by atoms with Crippen LogP contribution >= 0.6 is 11.3 Å². The van der Waals surface area contributed by atoms with Gasteiger partial charge in [0.15, 0.2) is 0 Å². The largest absolute Gasteiger partial charge is 0.487 e. The van der Waals surface area contributed by atoms with Gasteiger partial charge in [-0.05, 0) is 42.8 Å². The second-order valence-corrected chi connectivity index (χ2v) is 9.29. The summed E-state index contributed by atoms with van der Waals surface area (Å²) in [6.07, 6.45) is 2.69. The van der Waals surface area contributed by atoms with E-state index in [9.17, 15) is 22.0 Å². The van der Waals surface area contributed by atoms with Crippen molar-refractivity contribution >= 4 is 38.8 Å². The maximum atomic E-state index is 12.8. The normalized spacial score (nSPS) is 11.7. The zero-order valence-electron chi connectivity index (χ0n) is 16.3. The molecule has 0 aliphatic heterocycles. The molecule has 31 heavy (non-hydrogen) atoms. The van der Waals surface area contributed by atoms with Crippen LogP contribution in [0.2, 0.25) is 0 Å². The molecule has 2 aromatic carbocycles. The minimum Gasteiger partial charge on any atom is -0.487 e. The zero-order valence-corrected chi connectivity index (χ0v) is 17.9. The number of amides is 1. The molecule has 0 aliphatic rings. The molecule has 10 heteroatoms. The molecule has 1 amide bonds. The third-order valence-corrected chi connectivity index (χ3v) is 6.31. The highest BCUT2D eigenvalue weighted by Gasteiger charge is 2.29. The van der Waals surface area contributed by atoms with E-state index in [4.69, 9.17) is 4.74 Å². The first-order valence-electron chi connectivity index (χ1n) is 9.00. The maximum absolute atomic E-state index is 12.8. The van der Waals surface area contributed by atoms with Crippen LogP contribution in [0, 0.1) is 6.92 Å². The summed E-state index contributed by atoms with van der Waals surface area (Å²) in [6.45, 7) is 2.27. The Morgan fingerprint density at radius 2 is 1.90 bits per heavy atom. The third kappa shape index (κ3) is 5.96. The number of sulfone groups is 1. The van der Waals surface area contributed by atoms with Gasteiger partial charge in [-0.3, -0.25) is 4.79 Å². The van der Waals surface area contributed by atoms with E-state index in [1.165, 1.54) is 30.4 Å². The van der Waals surface area contributed by atoms with Crippen molar-refractivity contribution in [3.63, 3.8) is 0 Å². The standard InChI is InChI=1S/C21H18F2N2O4S2/c1-14-24-16(13-30-14)12-29-17-9-6-15(7-10-17)8-11-20(26)25-18-4-2-3-5-19(18)31(27,28)21(22)23/h2-11,13,21H,12H2,1H3,(H,25,26). The fourth-order valence-electron chi connectivity index (χ4n) is 2.57. The lowest BCUT2D eigenvalue weighted by atomic mass is 10.2. The molecule has 1 heterocycles. The van der Waals surface area contributed by atoms with Crippen LogP contribution in [-0.4, -0.2) is 25.1 Å². The van der Waals surface area contributed by atoms with E-state index in [0.717, 1.165) is 16.8 Å². The van der Waals surface area contributed by atoms with E-state index in [-0.39, 0.29) is 5.69 Å². The number of ether oxygens (including phenoxy) is 1. The van der Waals surface area contributed by atoms with Crippen molar-refractivity contribution in [2.75, 3.05) is 5.32 Å². The minimum absolute atomic E-state index is 0.210. The summed E-state index contributed by atoms with van der Waals surface area (Å²) < 4.78 is 54.8. The molecular formula is C21H18F2N2O4S2. The number of carbonyl (C=O) groups is 1. The number of benzene rings is 2. The fraction of sp³-hybridized carbons (Fsp3) is 0.143. The van der Waals surface area contributed by atoms with Crippen molar-refractivity contribution < 1.29 is 26.7 Å². The average Bonchev–Trinajstić information content (AvgIpc) is 3.17. The summed E-state index contributed by atoms with van der Waals surface area (Å²) in [7, 11) is -4.84. The van der Waals surface area contributed by atoms with Gasteiger partial charge in [-0.25, -0.2) is 13.4 Å². The summed E-state index contributed by atoms with van der Waals surface area (Å²) in [6, 6.07) is 12.0. The van der Waals surface area contributed by atoms with Crippen LogP contribution in [0.4, 0.5) is 14.5 Å². The first-order valence-corrected chi connectivity index (χ1v) is 11.4. The predicted molar refractivity (Wildman–Crippen MR) is 115 cm³/mol. The van der Waals surface area contributed by atoms with Gasteiger partial charge in [0, 0.05) is 11.5 Å². The smallest absolute Gasteiger partial charge is 0.341 e. The van der Waals surface area contributed by atoms with Crippen LogP contribution in [0.15, 0.2) is 64.9 Å². The van der Waals surface area contributed by atoms with E-state index >= 15 is 0 Å². The summed E-state index contributed by atoms with van der Waals surface area (Å²) in [5, 5.41) is 5.22. The zero-order chi connectivity index (χ0) is 22.4. The van der Waals surface area contributed by atoms with Gasteiger partial charge in [0.1, 0.15) is 12.4 Å². The fourth-order valence-corrected chi connectivity index (χ4v) is 4.05. The topological polar surface area (TPSA) is 85.4 Å². The Bertz CT molecular complexity index is 1190. The van der Waals surface area contributed by atoms with E-state index in [1.807, 2.05) is 12.3 Å². The van der Waals surface area contributed by atoms with E-state index in [2.05, 4.69) is 10.3 Å². The number of halogens is 2. The van der Waals surface area contributed by atoms with Crippen LogP contribution < -0.4 is 10.1 Å². The molecular weight excluding hydrogens is 446 g/mol. The number of alkyl halides is 2. The lowest BCUT2D eigenvalue weighted by Gasteiger charge is -2.10. The summed E-state index contributed by atoms with van der Waals surface area (Å²) in [4.78, 5) is 15.8. The third-order valence-electron chi connectivity index (χ3n) is 4.05. The molecule has 3 rings (SSSR count). The Morgan fingerprint density at radius 3 is 2.55 bits per heavy atom. The van der Waals surface area contributed by atoms with Crippen LogP contribution in [0.25, 0.3) is 6.08 Å². The molecule has 0 aliphatic carbocycles. The minimum atomic E-state index is -4.84. The van der Waals surface area contributed by atoms with Crippen molar-refractivity contribution in [2.45, 2.75) is 24.2 Å². The van der Waals surface area contributed by atoms with Crippen LogP contribution in [0.5, 0.6) is 5.75 Å². The highest BCUT2D eigenvalue weighted by Crippen LogP contribution is 2.26. The van der Waals surface area contributed by atoms with Gasteiger partial charge < -0.3 is 10.1 Å². The van der Waals surface area contributed by atoms with Gasteiger partial charge >= 0.3 is 5.76 Å². The Hall–Kier alpha value is -3.11. The molecule has 6 nitrogen and oxygen atoms in total. The van der Waals surface area contributed by atoms with Crippen molar-refractivity contribution in [2.24, 2.45) is 0 Å². The number of aromatic nitrogens is 1. The second kappa shape index (κ2) is 9.80. The van der Waals surface area contributed by atoms with Gasteiger partial charge in [-0.15, -0.1) is 11.3 Å². The van der Waals surface area contributed by atoms with E-state index in [0.29, 0.717) is 17.9 Å². The number of aryl methyl sites for hydroxylation is 1. The summed E-state index contributed by atoms with van der Waals surface area (Å²) in [5.41, 5.74) is 1.33. The molecule has 0 saturated carbocycles. The Labute approximate surface area is 182 Å². The van der Waals surface area contributed by atoms with E-state index < -0.39 is 26.4 Å². The SMILES string of the molecule is Cc1nc(COc2ccc(C=CC(=O)Nc3ccccc3S(=O)(=O)C(F)F)cc2)cs1. The number of thiazole rings is 1. The Morgan fingerprint density at radius 1 is 1.19 bits per heavy atom. The van der Waals surface area contributed by atoms with Crippen molar-refractivity contribution in [1.29, 1.82) is 0 Å². The number of nitrogens with zero attached hydrogens (tertiary/aromatic N) is 1. The first kappa shape index (κ1) is 22.6. The molecule has 0 unspecified atom stereocenters. The van der Waals surface area contributed by atoms with Crippen LogP contribution in [-0.2, 0) is 21.2 Å². The molecule has 1 N–H and O–H groups in total. The molecule has 3 aromatic rings. The number of nitrogens with one attached hydrogen (secondary N) is 1. The molecule has 0 spiro atoms. The number of para-hydroxylation sites is 1. The Balaban J connectivity index is 1.62. The highest BCUT2D eigenvalue weighted by molar-refractivity contribution is 7.91. The van der Waals surface area contributed by atoms with Crippen molar-refractivity contribution in [1.82, 2.24) is 4.98 Å². The highest BCUT2D eigenvalue weighted by atomic mass is 32.2. The molecule has 0 fully saturated rings. The number of carbonyl (C=O) groups excluding carboxylic acids is 1. The average molecular weight is 465 g/mol. The van der Waals surface area contributed by atoms with Gasteiger partial charge in [-0.2, -0.15) is 8.78 Å². The Kier molecular flexibility index (Phi) is 7.13. The molecule has 1 aromatic heterocycles. The molecule has 0 radical (unpaired) electrons. The van der Waals surface area contributed by atoms with Gasteiger partial charge in [0.05, 0.1) is 21.3 Å². The number of hydrogen-bond donors (Lipinski definition) is 1. The van der Waals surface area contributed by atoms with Crippen molar-refractivity contribution in [3.05, 3.63) is 76.3 Å². The lowest BCUT2D eigenvalue weighted by molar-refractivity contribution is -0.111. The quantitative estimate of drug-likeness (QED) is 0.490. The maximum Gasteiger partial charge on any atom is 0.341 e. The molecule has 162 valence electrons.